The lowest BCUT2D eigenvalue weighted by Crippen LogP contribution is -2.13. The summed E-state index contributed by atoms with van der Waals surface area (Å²) in [7, 11) is 1.88. The minimum atomic E-state index is -0.0906. The molecule has 0 spiro atoms. The molecule has 0 aliphatic heterocycles. The average molecular weight is 279 g/mol. The van der Waals surface area contributed by atoms with Crippen LogP contribution in [0.15, 0.2) is 41.1 Å². The van der Waals surface area contributed by atoms with Gasteiger partial charge < -0.3 is 4.57 Å². The molecule has 2 rings (SSSR count). The van der Waals surface area contributed by atoms with Gasteiger partial charge in [0.15, 0.2) is 4.80 Å². The summed E-state index contributed by atoms with van der Waals surface area (Å²) in [6, 6.07) is 3.90. The van der Waals surface area contributed by atoms with Crippen molar-refractivity contribution in [2.24, 2.45) is 12.0 Å². The van der Waals surface area contributed by atoms with E-state index in [0.717, 1.165) is 10.6 Å². The highest BCUT2D eigenvalue weighted by Gasteiger charge is 2.01. The Bertz CT molecular complexity index is 574. The van der Waals surface area contributed by atoms with Crippen molar-refractivity contribution in [3.63, 3.8) is 0 Å². The molecule has 1 amide bonds. The highest BCUT2D eigenvalue weighted by molar-refractivity contribution is 7.99. The van der Waals surface area contributed by atoms with E-state index in [-0.39, 0.29) is 5.91 Å². The zero-order chi connectivity index (χ0) is 12.8. The van der Waals surface area contributed by atoms with Gasteiger partial charge in [-0.05, 0) is 17.7 Å². The van der Waals surface area contributed by atoms with Gasteiger partial charge in [0.2, 0.25) is 0 Å². The second-order valence-electron chi connectivity index (χ2n) is 3.65. The minimum absolute atomic E-state index is 0.0906. The fourth-order valence-corrected chi connectivity index (χ4v) is 2.83. The fourth-order valence-electron chi connectivity index (χ4n) is 1.31. The lowest BCUT2D eigenvalue weighted by molar-refractivity contribution is -0.115. The first-order valence-corrected chi connectivity index (χ1v) is 7.43. The van der Waals surface area contributed by atoms with Gasteiger partial charge in [0.25, 0.3) is 5.91 Å². The number of carbonyl (C=O) groups excluding carboxylic acids is 1. The van der Waals surface area contributed by atoms with Gasteiger partial charge in [-0.25, -0.2) is 0 Å². The molecule has 2 heterocycles. The number of aryl methyl sites for hydroxylation is 1. The molecule has 0 N–H and O–H groups in total. The zero-order valence-electron chi connectivity index (χ0n) is 9.94. The minimum Gasteiger partial charge on any atom is -0.327 e. The number of thiazole rings is 1. The number of hydrogen-bond acceptors (Lipinski definition) is 4. The van der Waals surface area contributed by atoms with E-state index in [1.807, 2.05) is 35.3 Å². The number of nitrogens with zero attached hydrogens (tertiary/aromatic N) is 3. The maximum Gasteiger partial charge on any atom is 0.258 e. The van der Waals surface area contributed by atoms with Crippen molar-refractivity contribution >= 4 is 29.0 Å². The van der Waals surface area contributed by atoms with Gasteiger partial charge in [-0.2, -0.15) is 4.99 Å². The highest BCUT2D eigenvalue weighted by atomic mass is 32.2. The Balaban J connectivity index is 1.85. The molecule has 0 saturated carbocycles. The van der Waals surface area contributed by atoms with Crippen LogP contribution in [-0.4, -0.2) is 21.2 Å². The highest BCUT2D eigenvalue weighted by Crippen LogP contribution is 2.10. The number of thioether (sulfide) groups is 1. The molecule has 0 aliphatic carbocycles. The van der Waals surface area contributed by atoms with Crippen molar-refractivity contribution in [2.75, 3.05) is 5.75 Å². The summed E-state index contributed by atoms with van der Waals surface area (Å²) in [6.45, 7) is 0. The molecule has 4 nitrogen and oxygen atoms in total. The smallest absolute Gasteiger partial charge is 0.258 e. The van der Waals surface area contributed by atoms with Crippen molar-refractivity contribution in [3.05, 3.63) is 46.5 Å². The monoisotopic (exact) mass is 279 g/mol. The van der Waals surface area contributed by atoms with Crippen molar-refractivity contribution in [1.82, 2.24) is 9.55 Å². The lowest BCUT2D eigenvalue weighted by atomic mass is 10.3. The molecular weight excluding hydrogens is 266 g/mol. The molecule has 94 valence electrons. The molecule has 2 aromatic rings. The summed E-state index contributed by atoms with van der Waals surface area (Å²) in [5, 5.41) is 1.91. The largest absolute Gasteiger partial charge is 0.327 e. The SMILES string of the molecule is Cn1ccsc1=NC(=O)CSCc1ccncc1. The van der Waals surface area contributed by atoms with Crippen molar-refractivity contribution in [1.29, 1.82) is 0 Å². The van der Waals surface area contributed by atoms with E-state index in [1.165, 1.54) is 16.9 Å². The van der Waals surface area contributed by atoms with E-state index in [2.05, 4.69) is 9.98 Å². The number of carbonyl (C=O) groups is 1. The molecule has 2 aromatic heterocycles. The summed E-state index contributed by atoms with van der Waals surface area (Å²) in [5.41, 5.74) is 1.17. The summed E-state index contributed by atoms with van der Waals surface area (Å²) in [6.07, 6.45) is 5.41. The van der Waals surface area contributed by atoms with E-state index < -0.39 is 0 Å². The number of amides is 1. The van der Waals surface area contributed by atoms with Gasteiger partial charge in [-0.15, -0.1) is 23.1 Å². The molecule has 0 unspecified atom stereocenters. The number of hydrogen-bond donors (Lipinski definition) is 0. The van der Waals surface area contributed by atoms with E-state index in [0.29, 0.717) is 5.75 Å². The van der Waals surface area contributed by atoms with Gasteiger partial charge in [-0.1, -0.05) is 0 Å². The van der Waals surface area contributed by atoms with E-state index in [4.69, 9.17) is 0 Å². The first-order valence-electron chi connectivity index (χ1n) is 5.40. The standard InChI is InChI=1S/C12H13N3OS2/c1-15-6-7-18-12(15)14-11(16)9-17-8-10-2-4-13-5-3-10/h2-7H,8-9H2,1H3. The maximum atomic E-state index is 11.6. The number of aromatic nitrogens is 2. The predicted octanol–water partition coefficient (Wildman–Crippen LogP) is 1.84. The molecule has 0 aromatic carbocycles. The molecular formula is C12H13N3OS2. The van der Waals surface area contributed by atoms with Crippen molar-refractivity contribution in [2.45, 2.75) is 5.75 Å². The van der Waals surface area contributed by atoms with Gasteiger partial charge >= 0.3 is 0 Å². The van der Waals surface area contributed by atoms with Crippen molar-refractivity contribution in [3.8, 4) is 0 Å². The lowest BCUT2D eigenvalue weighted by Gasteiger charge is -1.98. The molecule has 0 saturated heterocycles. The molecule has 0 bridgehead atoms. The molecule has 0 fully saturated rings. The van der Waals surface area contributed by atoms with Crippen LogP contribution in [0.1, 0.15) is 5.56 Å². The fraction of sp³-hybridized carbons (Fsp3) is 0.250. The van der Waals surface area contributed by atoms with Crippen LogP contribution in [0.4, 0.5) is 0 Å². The maximum absolute atomic E-state index is 11.6. The van der Waals surface area contributed by atoms with E-state index in [9.17, 15) is 4.79 Å². The Morgan fingerprint density at radius 3 is 2.94 bits per heavy atom. The topological polar surface area (TPSA) is 47.2 Å². The molecule has 0 aliphatic rings. The van der Waals surface area contributed by atoms with Crippen LogP contribution in [0.25, 0.3) is 0 Å². The average Bonchev–Trinajstić information content (AvgIpc) is 2.76. The van der Waals surface area contributed by atoms with Crippen LogP contribution in [0, 0.1) is 0 Å². The first kappa shape index (κ1) is 13.0. The third-order valence-corrected chi connectivity index (χ3v) is 4.06. The first-order chi connectivity index (χ1) is 8.75. The van der Waals surface area contributed by atoms with Gasteiger partial charge in [0.05, 0.1) is 5.75 Å². The third-order valence-electron chi connectivity index (χ3n) is 2.22. The summed E-state index contributed by atoms with van der Waals surface area (Å²) >= 11 is 3.03. The summed E-state index contributed by atoms with van der Waals surface area (Å²) in [5.74, 6) is 1.12. The van der Waals surface area contributed by atoms with Crippen LogP contribution in [0.3, 0.4) is 0 Å². The number of pyridine rings is 1. The molecule has 0 radical (unpaired) electrons. The predicted molar refractivity (Wildman–Crippen MR) is 74.3 cm³/mol. The van der Waals surface area contributed by atoms with Gasteiger partial charge in [0, 0.05) is 36.8 Å². The van der Waals surface area contributed by atoms with Crippen LogP contribution >= 0.6 is 23.1 Å². The normalized spacial score (nSPS) is 11.7. The van der Waals surface area contributed by atoms with Crippen LogP contribution < -0.4 is 4.80 Å². The second kappa shape index (κ2) is 6.51. The Kier molecular flexibility index (Phi) is 4.72. The second-order valence-corrected chi connectivity index (χ2v) is 5.51. The molecule has 18 heavy (non-hydrogen) atoms. The van der Waals surface area contributed by atoms with Crippen LogP contribution in [-0.2, 0) is 17.6 Å². The summed E-state index contributed by atoms with van der Waals surface area (Å²) in [4.78, 5) is 20.4. The Morgan fingerprint density at radius 2 is 2.28 bits per heavy atom. The van der Waals surface area contributed by atoms with Crippen LogP contribution in [0.5, 0.6) is 0 Å². The zero-order valence-corrected chi connectivity index (χ0v) is 11.6. The van der Waals surface area contributed by atoms with Gasteiger partial charge in [0.1, 0.15) is 0 Å². The Morgan fingerprint density at radius 1 is 1.50 bits per heavy atom. The Labute approximate surface area is 113 Å². The Hall–Kier alpha value is -1.40. The molecule has 0 atom stereocenters. The van der Waals surface area contributed by atoms with Crippen LogP contribution in [0.2, 0.25) is 0 Å². The van der Waals surface area contributed by atoms with E-state index >= 15 is 0 Å². The molecule has 6 heteroatoms. The quantitative estimate of drug-likeness (QED) is 0.858. The number of rotatable bonds is 4. The van der Waals surface area contributed by atoms with Crippen molar-refractivity contribution < 1.29 is 4.79 Å². The summed E-state index contributed by atoms with van der Waals surface area (Å²) < 4.78 is 1.84. The van der Waals surface area contributed by atoms with E-state index in [1.54, 1.807) is 24.2 Å². The van der Waals surface area contributed by atoms with Gasteiger partial charge in [-0.3, -0.25) is 9.78 Å². The third kappa shape index (κ3) is 3.82.